The number of carbonyl (C=O) groups is 2. The number of nitrogens with zero attached hydrogens (tertiary/aromatic N) is 4. The number of carboxylic acid groups (broad SMARTS) is 2. The summed E-state index contributed by atoms with van der Waals surface area (Å²) in [4.78, 5) is 31.7. The van der Waals surface area contributed by atoms with Crippen LogP contribution >= 0.6 is 0 Å². The zero-order valence-corrected chi connectivity index (χ0v) is 19.4. The number of hydrogen-bond donors (Lipinski definition) is 2. The Morgan fingerprint density at radius 2 is 1.58 bits per heavy atom. The lowest BCUT2D eigenvalue weighted by molar-refractivity contribution is -0.193. The second-order valence-corrected chi connectivity index (χ2v) is 8.98. The second kappa shape index (κ2) is 12.0. The van der Waals surface area contributed by atoms with E-state index in [2.05, 4.69) is 19.8 Å². The Bertz CT molecular complexity index is 845. The minimum Gasteiger partial charge on any atom is -0.475 e. The molecule has 1 aromatic rings. The van der Waals surface area contributed by atoms with E-state index in [0.717, 1.165) is 31.6 Å². The van der Waals surface area contributed by atoms with E-state index in [9.17, 15) is 26.3 Å². The van der Waals surface area contributed by atoms with Crippen LogP contribution in [0, 0.1) is 17.3 Å². The van der Waals surface area contributed by atoms with Crippen molar-refractivity contribution in [1.82, 2.24) is 14.9 Å². The Hall–Kier alpha value is -2.68. The first kappa shape index (κ1) is 29.5. The third-order valence-corrected chi connectivity index (χ3v) is 6.17. The number of carboxylic acids is 2. The fourth-order valence-electron chi connectivity index (χ4n) is 4.36. The molecule has 15 heteroatoms. The summed E-state index contributed by atoms with van der Waals surface area (Å²) in [6.07, 6.45) is -2.38. The van der Waals surface area contributed by atoms with Crippen LogP contribution < -0.4 is 4.90 Å². The largest absolute Gasteiger partial charge is 0.490 e. The number of methoxy groups -OCH3 is 1. The summed E-state index contributed by atoms with van der Waals surface area (Å²) in [5, 5.41) is 14.2. The summed E-state index contributed by atoms with van der Waals surface area (Å²) >= 11 is 0. The van der Waals surface area contributed by atoms with Gasteiger partial charge in [-0.05, 0) is 31.2 Å². The molecular weight excluding hydrogens is 502 g/mol. The average Bonchev–Trinajstić information content (AvgIpc) is 3.39. The van der Waals surface area contributed by atoms with Gasteiger partial charge < -0.3 is 24.7 Å². The van der Waals surface area contributed by atoms with Gasteiger partial charge in [0.2, 0.25) is 5.95 Å². The van der Waals surface area contributed by atoms with E-state index in [-0.39, 0.29) is 0 Å². The predicted molar refractivity (Wildman–Crippen MR) is 113 cm³/mol. The second-order valence-electron chi connectivity index (χ2n) is 8.98. The molecule has 2 atom stereocenters. The molecule has 0 bridgehead atoms. The van der Waals surface area contributed by atoms with Gasteiger partial charge in [0.1, 0.15) is 0 Å². The van der Waals surface area contributed by atoms with E-state index in [1.165, 1.54) is 38.9 Å². The van der Waals surface area contributed by atoms with Crippen LogP contribution in [0.15, 0.2) is 18.5 Å². The molecule has 1 aliphatic carbocycles. The number of likely N-dealkylation sites (tertiary alicyclic amines) is 1. The van der Waals surface area contributed by atoms with Crippen molar-refractivity contribution in [3.05, 3.63) is 18.5 Å². The lowest BCUT2D eigenvalue weighted by Crippen LogP contribution is -2.36. The van der Waals surface area contributed by atoms with E-state index >= 15 is 0 Å². The third kappa shape index (κ3) is 8.76. The lowest BCUT2D eigenvalue weighted by atomic mass is 9.78. The Labute approximate surface area is 203 Å². The molecule has 2 N–H and O–H groups in total. The van der Waals surface area contributed by atoms with Gasteiger partial charge >= 0.3 is 24.3 Å². The van der Waals surface area contributed by atoms with Crippen molar-refractivity contribution in [2.75, 3.05) is 51.3 Å². The van der Waals surface area contributed by atoms with Gasteiger partial charge in [0, 0.05) is 63.6 Å². The highest BCUT2D eigenvalue weighted by atomic mass is 19.4. The molecule has 204 valence electrons. The molecular formula is C21H28F6N4O5. The number of halogens is 6. The first-order valence-electron chi connectivity index (χ1n) is 11.0. The normalized spacial score (nSPS) is 24.1. The Morgan fingerprint density at radius 3 is 2.03 bits per heavy atom. The molecule has 0 aromatic carbocycles. The van der Waals surface area contributed by atoms with Crippen molar-refractivity contribution in [2.45, 2.75) is 31.6 Å². The fraction of sp³-hybridized carbons (Fsp3) is 0.714. The summed E-state index contributed by atoms with van der Waals surface area (Å²) in [6, 6.07) is 1.88. The van der Waals surface area contributed by atoms with Gasteiger partial charge in [-0.1, -0.05) is 0 Å². The maximum atomic E-state index is 10.6. The molecule has 9 nitrogen and oxygen atoms in total. The van der Waals surface area contributed by atoms with Crippen molar-refractivity contribution in [2.24, 2.45) is 17.3 Å². The van der Waals surface area contributed by atoms with Crippen LogP contribution in [0.5, 0.6) is 0 Å². The maximum absolute atomic E-state index is 10.6. The fourth-order valence-corrected chi connectivity index (χ4v) is 4.36. The number of aliphatic carboxylic acids is 2. The standard InChI is InChI=1S/C17H26N4O.2C2HF3O2/c1-22-11-15-10-20(9-14-3-4-14)12-17(15)5-8-21(13-17)16-18-6-2-7-19-16;2*3-2(4,5)1(6)7/h2,6-7,14-15H,3-5,8-13H2,1H3;2*(H,6,7)/t15-,17+;;/m0../s1. The number of aromatic nitrogens is 2. The van der Waals surface area contributed by atoms with Crippen LogP contribution in [0.3, 0.4) is 0 Å². The van der Waals surface area contributed by atoms with Crippen LogP contribution in [-0.4, -0.2) is 95.8 Å². The Morgan fingerprint density at radius 1 is 1.06 bits per heavy atom. The molecule has 1 saturated carbocycles. The van der Waals surface area contributed by atoms with E-state index in [1.807, 2.05) is 25.6 Å². The van der Waals surface area contributed by atoms with Crippen LogP contribution in [0.25, 0.3) is 0 Å². The van der Waals surface area contributed by atoms with Gasteiger partial charge in [-0.2, -0.15) is 26.3 Å². The quantitative estimate of drug-likeness (QED) is 0.555. The minimum atomic E-state index is -5.08. The van der Waals surface area contributed by atoms with Crippen molar-refractivity contribution >= 4 is 17.9 Å². The monoisotopic (exact) mass is 530 g/mol. The van der Waals surface area contributed by atoms with Gasteiger partial charge in [-0.3, -0.25) is 0 Å². The first-order valence-corrected chi connectivity index (χ1v) is 11.0. The highest BCUT2D eigenvalue weighted by Gasteiger charge is 2.51. The number of ether oxygens (including phenoxy) is 1. The van der Waals surface area contributed by atoms with E-state index in [1.54, 1.807) is 0 Å². The van der Waals surface area contributed by atoms with Crippen molar-refractivity contribution < 1.29 is 50.9 Å². The lowest BCUT2D eigenvalue weighted by Gasteiger charge is -2.30. The van der Waals surface area contributed by atoms with E-state index in [4.69, 9.17) is 24.5 Å². The summed E-state index contributed by atoms with van der Waals surface area (Å²) in [7, 11) is 1.84. The van der Waals surface area contributed by atoms with Crippen molar-refractivity contribution in [1.29, 1.82) is 0 Å². The van der Waals surface area contributed by atoms with Gasteiger partial charge in [0.25, 0.3) is 0 Å². The summed E-state index contributed by atoms with van der Waals surface area (Å²) in [5.41, 5.74) is 0.365. The van der Waals surface area contributed by atoms with E-state index < -0.39 is 24.3 Å². The Balaban J connectivity index is 0.000000271. The maximum Gasteiger partial charge on any atom is 0.490 e. The molecule has 3 fully saturated rings. The molecule has 3 aliphatic rings. The van der Waals surface area contributed by atoms with Gasteiger partial charge in [-0.15, -0.1) is 0 Å². The number of hydrogen-bond acceptors (Lipinski definition) is 7. The van der Waals surface area contributed by atoms with Crippen LogP contribution in [0.4, 0.5) is 32.3 Å². The number of anilines is 1. The SMILES string of the molecule is COC[C@@H]1CN(CC2CC2)C[C@@]12CCN(c1ncccn1)C2.O=C(O)C(F)(F)F.O=C(O)C(F)(F)F. The smallest absolute Gasteiger partial charge is 0.475 e. The summed E-state index contributed by atoms with van der Waals surface area (Å²) < 4.78 is 69.0. The first-order chi connectivity index (χ1) is 16.7. The van der Waals surface area contributed by atoms with Crippen molar-refractivity contribution in [3.8, 4) is 0 Å². The highest BCUT2D eigenvalue weighted by molar-refractivity contribution is 5.73. The molecule has 1 aromatic heterocycles. The van der Waals surface area contributed by atoms with E-state index in [0.29, 0.717) is 11.3 Å². The van der Waals surface area contributed by atoms with Gasteiger partial charge in [0.05, 0.1) is 6.61 Å². The van der Waals surface area contributed by atoms with Crippen LogP contribution in [-0.2, 0) is 14.3 Å². The predicted octanol–water partition coefficient (Wildman–Crippen LogP) is 2.93. The molecule has 36 heavy (non-hydrogen) atoms. The molecule has 1 spiro atoms. The number of alkyl halides is 6. The average molecular weight is 530 g/mol. The zero-order valence-electron chi connectivity index (χ0n) is 19.4. The minimum absolute atomic E-state index is 0.365. The molecule has 2 aliphatic heterocycles. The third-order valence-electron chi connectivity index (χ3n) is 6.17. The topological polar surface area (TPSA) is 116 Å². The van der Waals surface area contributed by atoms with Gasteiger partial charge in [-0.25, -0.2) is 19.6 Å². The van der Waals surface area contributed by atoms with Crippen LogP contribution in [0.2, 0.25) is 0 Å². The van der Waals surface area contributed by atoms with Crippen molar-refractivity contribution in [3.63, 3.8) is 0 Å². The summed E-state index contributed by atoms with van der Waals surface area (Å²) in [6.45, 7) is 6.75. The highest BCUT2D eigenvalue weighted by Crippen LogP contribution is 2.45. The molecule has 2 saturated heterocycles. The zero-order chi connectivity index (χ0) is 27.1. The van der Waals surface area contributed by atoms with Crippen LogP contribution in [0.1, 0.15) is 19.3 Å². The molecule has 0 unspecified atom stereocenters. The molecule has 3 heterocycles. The Kier molecular flexibility index (Phi) is 9.88. The molecule has 4 rings (SSSR count). The molecule has 0 amide bonds. The molecule has 0 radical (unpaired) electrons. The summed E-state index contributed by atoms with van der Waals surface area (Å²) in [5.74, 6) is -3.02. The van der Waals surface area contributed by atoms with Gasteiger partial charge in [0.15, 0.2) is 0 Å². The number of rotatable bonds is 5.